The summed E-state index contributed by atoms with van der Waals surface area (Å²) in [5, 5.41) is 5.69. The standard InChI is InChI=1S/C20H19N3O4/c1-27-20(26)12-4-7-14(8-5-12)21-18(24)13-6-9-16-15(11-13)22-19(25)17-3-2-10-23(16)17/h4-9,11,17H,2-3,10H2,1H3,(H,21,24)(H,22,25)/t17-/m0/s1. The van der Waals surface area contributed by atoms with Crippen molar-refractivity contribution in [1.29, 1.82) is 0 Å². The second kappa shape index (κ2) is 6.75. The number of hydrogen-bond donors (Lipinski definition) is 2. The number of hydrogen-bond acceptors (Lipinski definition) is 5. The third kappa shape index (κ3) is 3.12. The zero-order valence-electron chi connectivity index (χ0n) is 14.8. The van der Waals surface area contributed by atoms with Crippen molar-refractivity contribution in [2.75, 3.05) is 29.2 Å². The van der Waals surface area contributed by atoms with E-state index in [1.165, 1.54) is 7.11 Å². The second-order valence-corrected chi connectivity index (χ2v) is 6.60. The number of anilines is 3. The lowest BCUT2D eigenvalue weighted by Crippen LogP contribution is -2.43. The summed E-state index contributed by atoms with van der Waals surface area (Å²) in [6, 6.07) is 11.7. The van der Waals surface area contributed by atoms with Gasteiger partial charge in [-0.3, -0.25) is 9.59 Å². The zero-order chi connectivity index (χ0) is 19.0. The quantitative estimate of drug-likeness (QED) is 0.817. The molecule has 2 aromatic carbocycles. The molecule has 2 aliphatic heterocycles. The number of esters is 1. The highest BCUT2D eigenvalue weighted by Gasteiger charge is 2.36. The first-order chi connectivity index (χ1) is 13.1. The maximum absolute atomic E-state index is 12.6. The summed E-state index contributed by atoms with van der Waals surface area (Å²) in [5.41, 5.74) is 3.04. The van der Waals surface area contributed by atoms with Crippen molar-refractivity contribution in [3.63, 3.8) is 0 Å². The van der Waals surface area contributed by atoms with Crippen LogP contribution in [0.1, 0.15) is 33.6 Å². The molecule has 7 heteroatoms. The number of carbonyl (C=O) groups is 3. The molecule has 4 rings (SSSR count). The summed E-state index contributed by atoms with van der Waals surface area (Å²) in [6.45, 7) is 0.850. The Kier molecular flexibility index (Phi) is 4.27. The smallest absolute Gasteiger partial charge is 0.337 e. The van der Waals surface area contributed by atoms with E-state index >= 15 is 0 Å². The van der Waals surface area contributed by atoms with Crippen molar-refractivity contribution in [2.24, 2.45) is 0 Å². The van der Waals surface area contributed by atoms with E-state index in [1.54, 1.807) is 36.4 Å². The fourth-order valence-electron chi connectivity index (χ4n) is 3.58. The van der Waals surface area contributed by atoms with E-state index in [4.69, 9.17) is 0 Å². The van der Waals surface area contributed by atoms with Crippen LogP contribution in [0.5, 0.6) is 0 Å². The third-order valence-electron chi connectivity index (χ3n) is 4.95. The van der Waals surface area contributed by atoms with Crippen molar-refractivity contribution < 1.29 is 19.1 Å². The van der Waals surface area contributed by atoms with Crippen LogP contribution in [0.2, 0.25) is 0 Å². The van der Waals surface area contributed by atoms with Crippen LogP contribution < -0.4 is 15.5 Å². The lowest BCUT2D eigenvalue weighted by Gasteiger charge is -2.33. The number of fused-ring (bicyclic) bond motifs is 3. The van der Waals surface area contributed by atoms with Gasteiger partial charge < -0.3 is 20.3 Å². The predicted octanol–water partition coefficient (Wildman–Crippen LogP) is 2.65. The van der Waals surface area contributed by atoms with E-state index in [0.29, 0.717) is 22.5 Å². The van der Waals surface area contributed by atoms with Crippen LogP contribution in [0, 0.1) is 0 Å². The molecular formula is C20H19N3O4. The number of benzene rings is 2. The fraction of sp³-hybridized carbons (Fsp3) is 0.250. The van der Waals surface area contributed by atoms with E-state index in [2.05, 4.69) is 20.3 Å². The third-order valence-corrected chi connectivity index (χ3v) is 4.95. The number of nitrogens with zero attached hydrogens (tertiary/aromatic N) is 1. The molecular weight excluding hydrogens is 346 g/mol. The maximum Gasteiger partial charge on any atom is 0.337 e. The van der Waals surface area contributed by atoms with Crippen molar-refractivity contribution in [2.45, 2.75) is 18.9 Å². The summed E-state index contributed by atoms with van der Waals surface area (Å²) in [6.07, 6.45) is 1.84. The molecule has 0 aliphatic carbocycles. The first-order valence-electron chi connectivity index (χ1n) is 8.78. The van der Waals surface area contributed by atoms with E-state index in [0.717, 1.165) is 25.1 Å². The maximum atomic E-state index is 12.6. The molecule has 1 saturated heterocycles. The summed E-state index contributed by atoms with van der Waals surface area (Å²) < 4.78 is 4.65. The van der Waals surface area contributed by atoms with Gasteiger partial charge in [0, 0.05) is 17.8 Å². The molecule has 2 N–H and O–H groups in total. The van der Waals surface area contributed by atoms with Crippen LogP contribution in [-0.2, 0) is 9.53 Å². The monoisotopic (exact) mass is 365 g/mol. The fourth-order valence-corrected chi connectivity index (χ4v) is 3.58. The lowest BCUT2D eigenvalue weighted by atomic mass is 10.1. The highest BCUT2D eigenvalue weighted by Crippen LogP contribution is 2.37. The zero-order valence-corrected chi connectivity index (χ0v) is 14.8. The van der Waals surface area contributed by atoms with Gasteiger partial charge in [0.1, 0.15) is 6.04 Å². The van der Waals surface area contributed by atoms with Crippen LogP contribution >= 0.6 is 0 Å². The van der Waals surface area contributed by atoms with Gasteiger partial charge in [-0.25, -0.2) is 4.79 Å². The summed E-state index contributed by atoms with van der Waals surface area (Å²) >= 11 is 0. The van der Waals surface area contributed by atoms with E-state index < -0.39 is 5.97 Å². The Morgan fingerprint density at radius 2 is 1.89 bits per heavy atom. The molecule has 1 atom stereocenters. The van der Waals surface area contributed by atoms with Crippen molar-refractivity contribution in [1.82, 2.24) is 0 Å². The van der Waals surface area contributed by atoms with Gasteiger partial charge in [0.2, 0.25) is 5.91 Å². The Hall–Kier alpha value is -3.35. The highest BCUT2D eigenvalue weighted by atomic mass is 16.5. The molecule has 2 aliphatic rings. The van der Waals surface area contributed by atoms with Crippen molar-refractivity contribution in [3.05, 3.63) is 53.6 Å². The van der Waals surface area contributed by atoms with Gasteiger partial charge in [-0.15, -0.1) is 0 Å². The average Bonchev–Trinajstić information content (AvgIpc) is 3.18. The molecule has 7 nitrogen and oxygen atoms in total. The number of rotatable bonds is 3. The molecule has 0 bridgehead atoms. The number of nitrogens with one attached hydrogen (secondary N) is 2. The molecule has 2 amide bonds. The Balaban J connectivity index is 1.52. The molecule has 138 valence electrons. The molecule has 27 heavy (non-hydrogen) atoms. The van der Waals surface area contributed by atoms with E-state index in [9.17, 15) is 14.4 Å². The van der Waals surface area contributed by atoms with Gasteiger partial charge in [-0.2, -0.15) is 0 Å². The minimum atomic E-state index is -0.432. The van der Waals surface area contributed by atoms with E-state index in [-0.39, 0.29) is 17.9 Å². The minimum absolute atomic E-state index is 0.0176. The second-order valence-electron chi connectivity index (χ2n) is 6.60. The first-order valence-corrected chi connectivity index (χ1v) is 8.78. The van der Waals surface area contributed by atoms with Crippen molar-refractivity contribution >= 4 is 34.8 Å². The lowest BCUT2D eigenvalue weighted by molar-refractivity contribution is -0.117. The molecule has 0 spiro atoms. The molecule has 0 saturated carbocycles. The van der Waals surface area contributed by atoms with Gasteiger partial charge in [0.25, 0.3) is 5.91 Å². The van der Waals surface area contributed by atoms with E-state index in [1.807, 2.05) is 6.07 Å². The predicted molar refractivity (Wildman–Crippen MR) is 101 cm³/mol. The number of carbonyl (C=O) groups excluding carboxylic acids is 3. The van der Waals surface area contributed by atoms with Crippen molar-refractivity contribution in [3.8, 4) is 0 Å². The van der Waals surface area contributed by atoms with Gasteiger partial charge in [0.05, 0.1) is 24.0 Å². The molecule has 0 aromatic heterocycles. The average molecular weight is 365 g/mol. The van der Waals surface area contributed by atoms with Crippen LogP contribution in [-0.4, -0.2) is 37.5 Å². The number of methoxy groups -OCH3 is 1. The van der Waals surface area contributed by atoms with Gasteiger partial charge in [-0.05, 0) is 55.3 Å². The Bertz CT molecular complexity index is 923. The Morgan fingerprint density at radius 1 is 1.15 bits per heavy atom. The molecule has 0 radical (unpaired) electrons. The van der Waals surface area contributed by atoms with Crippen LogP contribution in [0.3, 0.4) is 0 Å². The summed E-state index contributed by atoms with van der Waals surface area (Å²) in [4.78, 5) is 38.3. The van der Waals surface area contributed by atoms with Gasteiger partial charge in [0.15, 0.2) is 0 Å². The Labute approximate surface area is 156 Å². The first kappa shape index (κ1) is 17.1. The van der Waals surface area contributed by atoms with Crippen LogP contribution in [0.4, 0.5) is 17.1 Å². The minimum Gasteiger partial charge on any atom is -0.465 e. The molecule has 1 fully saturated rings. The normalized spacial score (nSPS) is 17.6. The van der Waals surface area contributed by atoms with Gasteiger partial charge >= 0.3 is 5.97 Å². The SMILES string of the molecule is COC(=O)c1ccc(NC(=O)c2ccc3c(c2)NC(=O)[C@@H]2CCCN32)cc1. The van der Waals surface area contributed by atoms with Crippen LogP contribution in [0.25, 0.3) is 0 Å². The highest BCUT2D eigenvalue weighted by molar-refractivity contribution is 6.09. The Morgan fingerprint density at radius 3 is 2.63 bits per heavy atom. The molecule has 0 unspecified atom stereocenters. The summed E-state index contributed by atoms with van der Waals surface area (Å²) in [5.74, 6) is -0.740. The number of ether oxygens (including phenoxy) is 1. The van der Waals surface area contributed by atoms with Crippen LogP contribution in [0.15, 0.2) is 42.5 Å². The summed E-state index contributed by atoms with van der Waals surface area (Å²) in [7, 11) is 1.32. The largest absolute Gasteiger partial charge is 0.465 e. The van der Waals surface area contributed by atoms with Gasteiger partial charge in [-0.1, -0.05) is 0 Å². The topological polar surface area (TPSA) is 87.7 Å². The number of amides is 2. The molecule has 2 heterocycles. The molecule has 2 aromatic rings.